The highest BCUT2D eigenvalue weighted by Gasteiger charge is 2.10. The van der Waals surface area contributed by atoms with E-state index in [1.807, 2.05) is 31.3 Å². The molecule has 0 aliphatic rings. The van der Waals surface area contributed by atoms with Crippen LogP contribution >= 0.6 is 34.5 Å². The molecule has 1 aromatic carbocycles. The fraction of sp³-hybridized carbons (Fsp3) is 0.143. The molecule has 0 aliphatic heterocycles. The molecule has 2 heterocycles. The van der Waals surface area contributed by atoms with Crippen LogP contribution in [0.2, 0.25) is 9.49 Å². The lowest BCUT2D eigenvalue weighted by Gasteiger charge is -2.13. The zero-order valence-electron chi connectivity index (χ0n) is 11.2. The number of rotatable bonds is 4. The predicted molar refractivity (Wildman–Crippen MR) is 87.8 cm³/mol. The van der Waals surface area contributed by atoms with Gasteiger partial charge in [0.1, 0.15) is 5.69 Å². The maximum atomic E-state index is 6.33. The highest BCUT2D eigenvalue weighted by Crippen LogP contribution is 2.29. The first-order chi connectivity index (χ1) is 10.1. The summed E-state index contributed by atoms with van der Waals surface area (Å²) in [6, 6.07) is 5.73. The zero-order chi connectivity index (χ0) is 14.8. The van der Waals surface area contributed by atoms with Crippen molar-refractivity contribution in [3.63, 3.8) is 0 Å². The van der Waals surface area contributed by atoms with E-state index < -0.39 is 0 Å². The van der Waals surface area contributed by atoms with Crippen LogP contribution in [0.4, 0.5) is 5.69 Å². The summed E-state index contributed by atoms with van der Waals surface area (Å²) in [5.74, 6) is 0. The maximum absolute atomic E-state index is 6.33. The molecular formula is C14H12Cl2N4S. The number of aromatic nitrogens is 3. The molecule has 0 unspecified atom stereocenters. The maximum Gasteiger partial charge on any atom is 0.183 e. The SMILES string of the molecule is Cc1cnn(-c2c(Cl)cccc2NCc2cnc(Cl)s2)c1. The minimum Gasteiger partial charge on any atom is -0.378 e. The van der Waals surface area contributed by atoms with Gasteiger partial charge < -0.3 is 5.32 Å². The van der Waals surface area contributed by atoms with Crippen molar-refractivity contribution in [1.29, 1.82) is 0 Å². The van der Waals surface area contributed by atoms with E-state index in [2.05, 4.69) is 15.4 Å². The summed E-state index contributed by atoms with van der Waals surface area (Å²) in [6.45, 7) is 2.63. The van der Waals surface area contributed by atoms with Gasteiger partial charge in [0.15, 0.2) is 4.47 Å². The number of halogens is 2. The molecule has 21 heavy (non-hydrogen) atoms. The van der Waals surface area contributed by atoms with Crippen LogP contribution in [0.5, 0.6) is 0 Å². The molecule has 108 valence electrons. The Morgan fingerprint density at radius 3 is 2.81 bits per heavy atom. The van der Waals surface area contributed by atoms with Gasteiger partial charge in [-0.05, 0) is 24.6 Å². The van der Waals surface area contributed by atoms with Gasteiger partial charge in [0.25, 0.3) is 0 Å². The Hall–Kier alpha value is -1.56. The van der Waals surface area contributed by atoms with Gasteiger partial charge in [-0.25, -0.2) is 9.67 Å². The number of aryl methyl sites for hydroxylation is 1. The molecule has 0 atom stereocenters. The van der Waals surface area contributed by atoms with E-state index in [0.717, 1.165) is 21.8 Å². The normalized spacial score (nSPS) is 10.8. The van der Waals surface area contributed by atoms with E-state index in [4.69, 9.17) is 23.2 Å². The van der Waals surface area contributed by atoms with Crippen molar-refractivity contribution < 1.29 is 0 Å². The Kier molecular flexibility index (Phi) is 4.14. The molecule has 0 fully saturated rings. The van der Waals surface area contributed by atoms with Crippen molar-refractivity contribution in [2.24, 2.45) is 0 Å². The smallest absolute Gasteiger partial charge is 0.183 e. The van der Waals surface area contributed by atoms with E-state index in [1.165, 1.54) is 11.3 Å². The van der Waals surface area contributed by atoms with Crippen LogP contribution in [0.15, 0.2) is 36.8 Å². The number of anilines is 1. The molecule has 0 radical (unpaired) electrons. The van der Waals surface area contributed by atoms with Crippen molar-refractivity contribution in [3.05, 3.63) is 56.7 Å². The van der Waals surface area contributed by atoms with E-state index in [1.54, 1.807) is 17.1 Å². The van der Waals surface area contributed by atoms with Crippen LogP contribution in [0, 0.1) is 6.92 Å². The van der Waals surface area contributed by atoms with Crippen LogP contribution < -0.4 is 5.32 Å². The Bertz CT molecular complexity index is 766. The Morgan fingerprint density at radius 2 is 2.14 bits per heavy atom. The van der Waals surface area contributed by atoms with Gasteiger partial charge in [-0.2, -0.15) is 5.10 Å². The minimum atomic E-state index is 0.542. The average Bonchev–Trinajstić information content (AvgIpc) is 3.05. The molecule has 4 nitrogen and oxygen atoms in total. The first-order valence-corrected chi connectivity index (χ1v) is 7.85. The van der Waals surface area contributed by atoms with Gasteiger partial charge in [-0.1, -0.05) is 29.3 Å². The van der Waals surface area contributed by atoms with Gasteiger partial charge in [-0.15, -0.1) is 11.3 Å². The van der Waals surface area contributed by atoms with Crippen LogP contribution in [0.1, 0.15) is 10.4 Å². The number of thiazole rings is 1. The third kappa shape index (κ3) is 3.20. The van der Waals surface area contributed by atoms with E-state index >= 15 is 0 Å². The second-order valence-electron chi connectivity index (χ2n) is 4.53. The lowest BCUT2D eigenvalue weighted by molar-refractivity contribution is 0.879. The number of benzene rings is 1. The van der Waals surface area contributed by atoms with E-state index in [0.29, 0.717) is 16.0 Å². The minimum absolute atomic E-state index is 0.542. The summed E-state index contributed by atoms with van der Waals surface area (Å²) >= 11 is 13.6. The molecule has 0 spiro atoms. The standard InChI is InChI=1S/C14H12Cl2N4S/c1-9-5-19-20(8-9)13-11(15)3-2-4-12(13)17-6-10-7-18-14(16)21-10/h2-5,7-8,17H,6H2,1H3. The summed E-state index contributed by atoms with van der Waals surface area (Å²) in [6.07, 6.45) is 5.51. The second-order valence-corrected chi connectivity index (χ2v) is 6.64. The highest BCUT2D eigenvalue weighted by atomic mass is 35.5. The van der Waals surface area contributed by atoms with Crippen LogP contribution in [0.25, 0.3) is 5.69 Å². The summed E-state index contributed by atoms with van der Waals surface area (Å²) < 4.78 is 2.32. The van der Waals surface area contributed by atoms with Gasteiger partial charge in [0, 0.05) is 17.3 Å². The number of nitrogens with one attached hydrogen (secondary N) is 1. The quantitative estimate of drug-likeness (QED) is 0.758. The van der Waals surface area contributed by atoms with E-state index in [9.17, 15) is 0 Å². The number of para-hydroxylation sites is 1. The van der Waals surface area contributed by atoms with Gasteiger partial charge >= 0.3 is 0 Å². The zero-order valence-corrected chi connectivity index (χ0v) is 13.5. The first kappa shape index (κ1) is 14.4. The van der Waals surface area contributed by atoms with E-state index in [-0.39, 0.29) is 0 Å². The third-order valence-corrected chi connectivity index (χ3v) is 4.33. The van der Waals surface area contributed by atoms with Gasteiger partial charge in [0.05, 0.1) is 23.5 Å². The largest absolute Gasteiger partial charge is 0.378 e. The van der Waals surface area contributed by atoms with Gasteiger partial charge in [0.2, 0.25) is 0 Å². The Morgan fingerprint density at radius 1 is 1.29 bits per heavy atom. The summed E-state index contributed by atoms with van der Waals surface area (Å²) in [5.41, 5.74) is 2.83. The van der Waals surface area contributed by atoms with Crippen molar-refractivity contribution in [3.8, 4) is 5.69 Å². The summed E-state index contributed by atoms with van der Waals surface area (Å²) in [4.78, 5) is 5.09. The average molecular weight is 339 g/mol. The Balaban J connectivity index is 1.89. The van der Waals surface area contributed by atoms with Crippen molar-refractivity contribution >= 4 is 40.2 Å². The lowest BCUT2D eigenvalue weighted by atomic mass is 10.2. The van der Waals surface area contributed by atoms with Crippen LogP contribution in [0.3, 0.4) is 0 Å². The molecule has 3 aromatic rings. The fourth-order valence-electron chi connectivity index (χ4n) is 1.97. The van der Waals surface area contributed by atoms with Gasteiger partial charge in [-0.3, -0.25) is 0 Å². The summed E-state index contributed by atoms with van der Waals surface area (Å²) in [5, 5.41) is 8.33. The van der Waals surface area contributed by atoms with Crippen molar-refractivity contribution in [1.82, 2.24) is 14.8 Å². The van der Waals surface area contributed by atoms with Crippen molar-refractivity contribution in [2.75, 3.05) is 5.32 Å². The van der Waals surface area contributed by atoms with Crippen LogP contribution in [-0.4, -0.2) is 14.8 Å². The second kappa shape index (κ2) is 6.05. The molecule has 3 rings (SSSR count). The predicted octanol–water partition coefficient (Wildman–Crippen LogP) is 4.56. The third-order valence-electron chi connectivity index (χ3n) is 2.91. The molecule has 0 bridgehead atoms. The number of hydrogen-bond acceptors (Lipinski definition) is 4. The first-order valence-electron chi connectivity index (χ1n) is 6.28. The molecule has 0 saturated heterocycles. The highest BCUT2D eigenvalue weighted by molar-refractivity contribution is 7.15. The molecular weight excluding hydrogens is 327 g/mol. The molecule has 7 heteroatoms. The Labute approximate surface area is 136 Å². The number of hydrogen-bond donors (Lipinski definition) is 1. The molecule has 0 aliphatic carbocycles. The van der Waals surface area contributed by atoms with Crippen LogP contribution in [-0.2, 0) is 6.54 Å². The molecule has 0 amide bonds. The van der Waals surface area contributed by atoms with Crippen molar-refractivity contribution in [2.45, 2.75) is 13.5 Å². The fourth-order valence-corrected chi connectivity index (χ4v) is 3.15. The number of nitrogens with zero attached hydrogens (tertiary/aromatic N) is 3. The molecule has 2 aromatic heterocycles. The lowest BCUT2D eigenvalue weighted by Crippen LogP contribution is -2.04. The molecule has 1 N–H and O–H groups in total. The monoisotopic (exact) mass is 338 g/mol. The molecule has 0 saturated carbocycles. The summed E-state index contributed by atoms with van der Waals surface area (Å²) in [7, 11) is 0. The topological polar surface area (TPSA) is 42.7 Å².